The molecule has 0 fully saturated rings. The third-order valence-corrected chi connectivity index (χ3v) is 5.45. The smallest absolute Gasteiger partial charge is 0.234 e. The number of thioether (sulfide) groups is 1. The molecule has 3 rings (SSSR count). The predicted octanol–water partition coefficient (Wildman–Crippen LogP) is 4.53. The number of anilines is 1. The second-order valence-electron chi connectivity index (χ2n) is 6.09. The standard InChI is InChI=1S/C21H21ClN4O3S/c1-4-11-26-20(15-7-5-6-8-16(15)22)24-25-21(26)30-13-19(27)23-17-10-9-14(28-2)12-18(17)29-3/h4-10,12H,1,11,13H2,2-3H3,(H,23,27). The van der Waals surface area contributed by atoms with Gasteiger partial charge in [-0.05, 0) is 24.3 Å². The van der Waals surface area contributed by atoms with Crippen molar-refractivity contribution in [1.82, 2.24) is 14.8 Å². The number of methoxy groups -OCH3 is 2. The van der Waals surface area contributed by atoms with Gasteiger partial charge in [0.25, 0.3) is 0 Å². The Morgan fingerprint density at radius 2 is 2.03 bits per heavy atom. The minimum absolute atomic E-state index is 0.146. The number of allylic oxidation sites excluding steroid dienone is 1. The van der Waals surface area contributed by atoms with Gasteiger partial charge in [-0.1, -0.05) is 41.6 Å². The highest BCUT2D eigenvalue weighted by Gasteiger charge is 2.17. The lowest BCUT2D eigenvalue weighted by atomic mass is 10.2. The van der Waals surface area contributed by atoms with Gasteiger partial charge in [0.05, 0.1) is 30.7 Å². The van der Waals surface area contributed by atoms with Gasteiger partial charge in [0.15, 0.2) is 11.0 Å². The zero-order valence-corrected chi connectivity index (χ0v) is 18.2. The molecule has 1 N–H and O–H groups in total. The van der Waals surface area contributed by atoms with Crippen LogP contribution >= 0.6 is 23.4 Å². The Morgan fingerprint density at radius 1 is 1.23 bits per heavy atom. The van der Waals surface area contributed by atoms with Crippen molar-refractivity contribution in [2.24, 2.45) is 0 Å². The van der Waals surface area contributed by atoms with Gasteiger partial charge in [0.2, 0.25) is 5.91 Å². The molecule has 1 aromatic heterocycles. The summed E-state index contributed by atoms with van der Waals surface area (Å²) >= 11 is 7.59. The first-order chi connectivity index (χ1) is 14.6. The highest BCUT2D eigenvalue weighted by Crippen LogP contribution is 2.31. The fourth-order valence-electron chi connectivity index (χ4n) is 2.75. The van der Waals surface area contributed by atoms with Crippen LogP contribution in [-0.2, 0) is 11.3 Å². The summed E-state index contributed by atoms with van der Waals surface area (Å²) in [7, 11) is 3.10. The maximum atomic E-state index is 12.5. The molecule has 2 aromatic carbocycles. The Morgan fingerprint density at radius 3 is 2.73 bits per heavy atom. The third kappa shape index (κ3) is 4.95. The summed E-state index contributed by atoms with van der Waals surface area (Å²) in [6.45, 7) is 4.29. The summed E-state index contributed by atoms with van der Waals surface area (Å²) in [5, 5.41) is 12.5. The van der Waals surface area contributed by atoms with E-state index in [2.05, 4.69) is 22.1 Å². The van der Waals surface area contributed by atoms with E-state index in [4.69, 9.17) is 21.1 Å². The second kappa shape index (κ2) is 10.2. The average Bonchev–Trinajstić information content (AvgIpc) is 3.15. The summed E-state index contributed by atoms with van der Waals surface area (Å²) in [4.78, 5) is 12.5. The van der Waals surface area contributed by atoms with Crippen LogP contribution in [0.4, 0.5) is 5.69 Å². The lowest BCUT2D eigenvalue weighted by Gasteiger charge is -2.12. The molecule has 30 heavy (non-hydrogen) atoms. The molecular weight excluding hydrogens is 424 g/mol. The van der Waals surface area contributed by atoms with Crippen LogP contribution < -0.4 is 14.8 Å². The number of nitrogens with one attached hydrogen (secondary N) is 1. The number of hydrogen-bond acceptors (Lipinski definition) is 6. The van der Waals surface area contributed by atoms with Crippen molar-refractivity contribution in [2.45, 2.75) is 11.7 Å². The minimum atomic E-state index is -0.198. The Bertz CT molecular complexity index is 1050. The molecule has 0 bridgehead atoms. The monoisotopic (exact) mass is 444 g/mol. The number of benzene rings is 2. The van der Waals surface area contributed by atoms with Gasteiger partial charge in [-0.3, -0.25) is 9.36 Å². The van der Waals surface area contributed by atoms with Crippen molar-refractivity contribution in [3.8, 4) is 22.9 Å². The fraction of sp³-hybridized carbons (Fsp3) is 0.190. The van der Waals surface area contributed by atoms with Crippen molar-refractivity contribution >= 4 is 35.0 Å². The Balaban J connectivity index is 1.74. The van der Waals surface area contributed by atoms with Crippen molar-refractivity contribution < 1.29 is 14.3 Å². The number of aromatic nitrogens is 3. The Hall–Kier alpha value is -2.97. The molecular formula is C21H21ClN4O3S. The molecule has 156 valence electrons. The maximum absolute atomic E-state index is 12.5. The zero-order chi connectivity index (χ0) is 21.5. The molecule has 0 aliphatic rings. The van der Waals surface area contributed by atoms with Crippen LogP contribution in [0.1, 0.15) is 0 Å². The van der Waals surface area contributed by atoms with Crippen LogP contribution in [0.5, 0.6) is 11.5 Å². The number of nitrogens with zero attached hydrogens (tertiary/aromatic N) is 3. The van der Waals surface area contributed by atoms with Crippen molar-refractivity contribution in [1.29, 1.82) is 0 Å². The summed E-state index contributed by atoms with van der Waals surface area (Å²) in [6, 6.07) is 12.6. The molecule has 1 amide bonds. The Labute approximate surface area is 184 Å². The van der Waals surface area contributed by atoms with E-state index >= 15 is 0 Å². The summed E-state index contributed by atoms with van der Waals surface area (Å²) in [6.07, 6.45) is 1.75. The average molecular weight is 445 g/mol. The maximum Gasteiger partial charge on any atom is 0.234 e. The van der Waals surface area contributed by atoms with E-state index in [1.54, 1.807) is 37.5 Å². The van der Waals surface area contributed by atoms with Gasteiger partial charge in [-0.25, -0.2) is 0 Å². The number of carbonyl (C=O) groups is 1. The minimum Gasteiger partial charge on any atom is -0.497 e. The topological polar surface area (TPSA) is 78.3 Å². The second-order valence-corrected chi connectivity index (χ2v) is 7.44. The molecule has 0 aliphatic carbocycles. The van der Waals surface area contributed by atoms with E-state index in [9.17, 15) is 4.79 Å². The molecule has 1 heterocycles. The van der Waals surface area contributed by atoms with E-state index in [0.29, 0.717) is 39.7 Å². The molecule has 0 unspecified atom stereocenters. The van der Waals surface area contributed by atoms with Gasteiger partial charge < -0.3 is 14.8 Å². The number of amides is 1. The Kier molecular flexibility index (Phi) is 7.37. The predicted molar refractivity (Wildman–Crippen MR) is 120 cm³/mol. The van der Waals surface area contributed by atoms with Crippen molar-refractivity contribution in [3.63, 3.8) is 0 Å². The molecule has 9 heteroatoms. The number of rotatable bonds is 9. The molecule has 0 spiro atoms. The van der Waals surface area contributed by atoms with Gasteiger partial charge in [-0.2, -0.15) is 0 Å². The lowest BCUT2D eigenvalue weighted by molar-refractivity contribution is -0.113. The van der Waals surface area contributed by atoms with Crippen LogP contribution in [0.15, 0.2) is 60.3 Å². The van der Waals surface area contributed by atoms with Gasteiger partial charge in [0, 0.05) is 18.2 Å². The lowest BCUT2D eigenvalue weighted by Crippen LogP contribution is -2.15. The van der Waals surface area contributed by atoms with Crippen molar-refractivity contribution in [2.75, 3.05) is 25.3 Å². The van der Waals surface area contributed by atoms with Crippen LogP contribution in [0.2, 0.25) is 5.02 Å². The summed E-state index contributed by atoms with van der Waals surface area (Å²) < 4.78 is 12.4. The molecule has 0 radical (unpaired) electrons. The first-order valence-electron chi connectivity index (χ1n) is 9.01. The molecule has 3 aromatic rings. The van der Waals surface area contributed by atoms with E-state index in [0.717, 1.165) is 5.56 Å². The first kappa shape index (κ1) is 21.7. The zero-order valence-electron chi connectivity index (χ0n) is 16.6. The normalized spacial score (nSPS) is 10.5. The van der Waals surface area contributed by atoms with Crippen LogP contribution in [0.25, 0.3) is 11.4 Å². The number of hydrogen-bond donors (Lipinski definition) is 1. The van der Waals surface area contributed by atoms with Crippen LogP contribution in [0, 0.1) is 0 Å². The van der Waals surface area contributed by atoms with Gasteiger partial charge in [-0.15, -0.1) is 16.8 Å². The highest BCUT2D eigenvalue weighted by molar-refractivity contribution is 7.99. The number of ether oxygens (including phenoxy) is 2. The third-order valence-electron chi connectivity index (χ3n) is 4.16. The largest absolute Gasteiger partial charge is 0.497 e. The van der Waals surface area contributed by atoms with E-state index in [-0.39, 0.29) is 11.7 Å². The van der Waals surface area contributed by atoms with Gasteiger partial charge in [0.1, 0.15) is 11.5 Å². The first-order valence-corrected chi connectivity index (χ1v) is 10.4. The molecule has 7 nitrogen and oxygen atoms in total. The van der Waals surface area contributed by atoms with E-state index in [1.807, 2.05) is 22.8 Å². The molecule has 0 saturated heterocycles. The highest BCUT2D eigenvalue weighted by atomic mass is 35.5. The van der Waals surface area contributed by atoms with Crippen LogP contribution in [-0.4, -0.2) is 40.6 Å². The SMILES string of the molecule is C=CCn1c(SCC(=O)Nc2ccc(OC)cc2OC)nnc1-c1ccccc1Cl. The molecule has 0 aliphatic heterocycles. The number of halogens is 1. The van der Waals surface area contributed by atoms with Crippen molar-refractivity contribution in [3.05, 3.63) is 60.1 Å². The van der Waals surface area contributed by atoms with E-state index < -0.39 is 0 Å². The van der Waals surface area contributed by atoms with Gasteiger partial charge >= 0.3 is 0 Å². The summed E-state index contributed by atoms with van der Waals surface area (Å²) in [5.41, 5.74) is 1.33. The fourth-order valence-corrected chi connectivity index (χ4v) is 3.72. The molecule has 0 atom stereocenters. The summed E-state index contributed by atoms with van der Waals surface area (Å²) in [5.74, 6) is 1.73. The quantitative estimate of drug-likeness (QED) is 0.386. The van der Waals surface area contributed by atoms with E-state index in [1.165, 1.54) is 18.9 Å². The number of carbonyl (C=O) groups excluding carboxylic acids is 1. The molecule has 0 saturated carbocycles. The van der Waals surface area contributed by atoms with Crippen LogP contribution in [0.3, 0.4) is 0 Å².